The van der Waals surface area contributed by atoms with Crippen molar-refractivity contribution in [3.8, 4) is 0 Å². The van der Waals surface area contributed by atoms with E-state index in [1.165, 1.54) is 32.1 Å². The van der Waals surface area contributed by atoms with Crippen LogP contribution in [0.25, 0.3) is 0 Å². The van der Waals surface area contributed by atoms with Gasteiger partial charge in [-0.1, -0.05) is 19.3 Å². The van der Waals surface area contributed by atoms with Gasteiger partial charge in [-0.3, -0.25) is 0 Å². The number of rotatable bonds is 3. The summed E-state index contributed by atoms with van der Waals surface area (Å²) in [5, 5.41) is 14.0. The average Bonchev–Trinajstić information content (AvgIpc) is 2.27. The SMILES string of the molecule is CC(C)(O)C(C)(C)NC1CCOC2(CCCCC2)C1. The van der Waals surface area contributed by atoms with E-state index >= 15 is 0 Å². The predicted molar refractivity (Wildman–Crippen MR) is 78.3 cm³/mol. The molecule has 1 atom stereocenters. The van der Waals surface area contributed by atoms with Crippen LogP contribution in [0.1, 0.15) is 72.6 Å². The summed E-state index contributed by atoms with van der Waals surface area (Å²) in [4.78, 5) is 0. The van der Waals surface area contributed by atoms with Crippen molar-refractivity contribution < 1.29 is 9.84 Å². The van der Waals surface area contributed by atoms with Gasteiger partial charge in [0.15, 0.2) is 0 Å². The molecule has 1 spiro atoms. The van der Waals surface area contributed by atoms with Crippen LogP contribution in [0.2, 0.25) is 0 Å². The number of hydrogen-bond acceptors (Lipinski definition) is 3. The molecule has 19 heavy (non-hydrogen) atoms. The van der Waals surface area contributed by atoms with Crippen LogP contribution in [0.5, 0.6) is 0 Å². The van der Waals surface area contributed by atoms with Crippen LogP contribution in [0.4, 0.5) is 0 Å². The molecule has 2 fully saturated rings. The highest BCUT2D eigenvalue weighted by molar-refractivity contribution is 4.99. The first-order chi connectivity index (χ1) is 8.74. The summed E-state index contributed by atoms with van der Waals surface area (Å²) in [6.07, 6.45) is 8.57. The van der Waals surface area contributed by atoms with Gasteiger partial charge in [-0.25, -0.2) is 0 Å². The minimum absolute atomic E-state index is 0.129. The number of ether oxygens (including phenoxy) is 1. The lowest BCUT2D eigenvalue weighted by Crippen LogP contribution is -2.61. The van der Waals surface area contributed by atoms with Crippen molar-refractivity contribution in [3.63, 3.8) is 0 Å². The Morgan fingerprint density at radius 3 is 2.32 bits per heavy atom. The summed E-state index contributed by atoms with van der Waals surface area (Å²) >= 11 is 0. The Hall–Kier alpha value is -0.120. The molecule has 0 aromatic carbocycles. The lowest BCUT2D eigenvalue weighted by Gasteiger charge is -2.47. The van der Waals surface area contributed by atoms with E-state index in [4.69, 9.17) is 4.74 Å². The Kier molecular flexibility index (Phi) is 4.29. The Bertz CT molecular complexity index is 295. The highest BCUT2D eigenvalue weighted by Crippen LogP contribution is 2.39. The third kappa shape index (κ3) is 3.50. The Balaban J connectivity index is 1.98. The zero-order valence-corrected chi connectivity index (χ0v) is 13.1. The van der Waals surface area contributed by atoms with Gasteiger partial charge in [0.05, 0.1) is 11.2 Å². The van der Waals surface area contributed by atoms with Crippen LogP contribution >= 0.6 is 0 Å². The summed E-state index contributed by atoms with van der Waals surface area (Å²) < 4.78 is 6.13. The van der Waals surface area contributed by atoms with E-state index in [0.29, 0.717) is 6.04 Å². The minimum Gasteiger partial charge on any atom is -0.389 e. The van der Waals surface area contributed by atoms with Gasteiger partial charge in [0.2, 0.25) is 0 Å². The molecule has 0 aromatic heterocycles. The second-order valence-electron chi connectivity index (χ2n) is 7.61. The first kappa shape index (κ1) is 15.3. The molecule has 2 N–H and O–H groups in total. The van der Waals surface area contributed by atoms with Crippen LogP contribution in [0.15, 0.2) is 0 Å². The van der Waals surface area contributed by atoms with Crippen LogP contribution < -0.4 is 5.32 Å². The molecule has 1 unspecified atom stereocenters. The smallest absolute Gasteiger partial charge is 0.0767 e. The van der Waals surface area contributed by atoms with E-state index in [1.54, 1.807) is 0 Å². The molecule has 0 bridgehead atoms. The molecule has 1 saturated carbocycles. The third-order valence-corrected chi connectivity index (χ3v) is 5.35. The van der Waals surface area contributed by atoms with E-state index in [-0.39, 0.29) is 11.1 Å². The van der Waals surface area contributed by atoms with Crippen molar-refractivity contribution in [1.29, 1.82) is 0 Å². The maximum Gasteiger partial charge on any atom is 0.0767 e. The first-order valence-electron chi connectivity index (χ1n) is 7.88. The molecule has 1 aliphatic carbocycles. The van der Waals surface area contributed by atoms with Gasteiger partial charge in [0.25, 0.3) is 0 Å². The largest absolute Gasteiger partial charge is 0.389 e. The predicted octanol–water partition coefficient (Wildman–Crippen LogP) is 3.01. The first-order valence-corrected chi connectivity index (χ1v) is 7.88. The van der Waals surface area contributed by atoms with Gasteiger partial charge in [-0.05, 0) is 53.4 Å². The normalized spacial score (nSPS) is 28.6. The van der Waals surface area contributed by atoms with Crippen molar-refractivity contribution in [1.82, 2.24) is 5.32 Å². The topological polar surface area (TPSA) is 41.5 Å². The maximum absolute atomic E-state index is 10.3. The molecule has 2 rings (SSSR count). The molecule has 1 saturated heterocycles. The fraction of sp³-hybridized carbons (Fsp3) is 1.00. The number of hydrogen-bond donors (Lipinski definition) is 2. The Morgan fingerprint density at radius 2 is 1.74 bits per heavy atom. The van der Waals surface area contributed by atoms with Gasteiger partial charge >= 0.3 is 0 Å². The van der Waals surface area contributed by atoms with E-state index in [9.17, 15) is 5.11 Å². The summed E-state index contributed by atoms with van der Waals surface area (Å²) in [6.45, 7) is 8.82. The lowest BCUT2D eigenvalue weighted by atomic mass is 9.77. The summed E-state index contributed by atoms with van der Waals surface area (Å²) in [6, 6.07) is 0.466. The monoisotopic (exact) mass is 269 g/mol. The molecular weight excluding hydrogens is 238 g/mol. The molecule has 0 radical (unpaired) electrons. The zero-order valence-electron chi connectivity index (χ0n) is 13.1. The van der Waals surface area contributed by atoms with Crippen LogP contribution in [0.3, 0.4) is 0 Å². The van der Waals surface area contributed by atoms with Crippen molar-refractivity contribution in [2.45, 2.75) is 95.4 Å². The molecule has 0 aromatic rings. The summed E-state index contributed by atoms with van der Waals surface area (Å²) in [5.41, 5.74) is -0.861. The fourth-order valence-electron chi connectivity index (χ4n) is 3.38. The number of nitrogens with one attached hydrogen (secondary N) is 1. The second kappa shape index (κ2) is 5.34. The summed E-state index contributed by atoms with van der Waals surface area (Å²) in [5.74, 6) is 0. The molecule has 0 amide bonds. The fourth-order valence-corrected chi connectivity index (χ4v) is 3.38. The van der Waals surface area contributed by atoms with Gasteiger partial charge in [-0.15, -0.1) is 0 Å². The standard InChI is InChI=1S/C16H31NO2/c1-14(2,15(3,4)18)17-13-8-11-19-16(12-13)9-6-5-7-10-16/h13,17-18H,5-12H2,1-4H3. The molecule has 2 aliphatic rings. The van der Waals surface area contributed by atoms with Gasteiger partial charge < -0.3 is 15.2 Å². The van der Waals surface area contributed by atoms with Crippen molar-refractivity contribution in [3.05, 3.63) is 0 Å². The van der Waals surface area contributed by atoms with E-state index in [0.717, 1.165) is 19.4 Å². The van der Waals surface area contributed by atoms with E-state index in [2.05, 4.69) is 19.2 Å². The molecule has 1 aliphatic heterocycles. The molecule has 3 nitrogen and oxygen atoms in total. The highest BCUT2D eigenvalue weighted by atomic mass is 16.5. The Morgan fingerprint density at radius 1 is 1.11 bits per heavy atom. The maximum atomic E-state index is 10.3. The molecular formula is C16H31NO2. The van der Waals surface area contributed by atoms with Crippen molar-refractivity contribution >= 4 is 0 Å². The van der Waals surface area contributed by atoms with Crippen molar-refractivity contribution in [2.75, 3.05) is 6.61 Å². The summed E-state index contributed by atoms with van der Waals surface area (Å²) in [7, 11) is 0. The van der Waals surface area contributed by atoms with Crippen LogP contribution in [-0.4, -0.2) is 34.5 Å². The lowest BCUT2D eigenvalue weighted by molar-refractivity contribution is -0.116. The highest BCUT2D eigenvalue weighted by Gasteiger charge is 2.42. The van der Waals surface area contributed by atoms with Crippen molar-refractivity contribution in [2.24, 2.45) is 0 Å². The van der Waals surface area contributed by atoms with Crippen LogP contribution in [0, 0.1) is 0 Å². The quantitative estimate of drug-likeness (QED) is 0.827. The Labute approximate surface area is 118 Å². The van der Waals surface area contributed by atoms with E-state index < -0.39 is 5.60 Å². The molecule has 1 heterocycles. The van der Waals surface area contributed by atoms with Gasteiger partial charge in [0, 0.05) is 18.2 Å². The van der Waals surface area contributed by atoms with E-state index in [1.807, 2.05) is 13.8 Å². The average molecular weight is 269 g/mol. The second-order valence-corrected chi connectivity index (χ2v) is 7.61. The third-order valence-electron chi connectivity index (χ3n) is 5.35. The van der Waals surface area contributed by atoms with Gasteiger partial charge in [0.1, 0.15) is 0 Å². The van der Waals surface area contributed by atoms with Crippen LogP contribution in [-0.2, 0) is 4.74 Å². The zero-order chi connectivity index (χ0) is 14.1. The van der Waals surface area contributed by atoms with Gasteiger partial charge in [-0.2, -0.15) is 0 Å². The molecule has 3 heteroatoms. The number of aliphatic hydroxyl groups is 1. The minimum atomic E-state index is -0.717. The molecule has 112 valence electrons.